The minimum Gasteiger partial charge on any atom is -0.463 e. The molecule has 126 valence electrons. The van der Waals surface area contributed by atoms with Gasteiger partial charge in [-0.3, -0.25) is 4.79 Å². The summed E-state index contributed by atoms with van der Waals surface area (Å²) in [6, 6.07) is -0.422. The maximum Gasteiger partial charge on any atom is 0.508 e. The van der Waals surface area contributed by atoms with E-state index in [1.165, 1.54) is 0 Å². The molecule has 1 amide bonds. The van der Waals surface area contributed by atoms with Crippen LogP contribution in [0.3, 0.4) is 0 Å². The number of carbonyl (C=O) groups is 3. The Morgan fingerprint density at radius 2 is 1.86 bits per heavy atom. The summed E-state index contributed by atoms with van der Waals surface area (Å²) < 4.78 is 19.6. The van der Waals surface area contributed by atoms with Crippen molar-refractivity contribution in [1.29, 1.82) is 0 Å². The summed E-state index contributed by atoms with van der Waals surface area (Å²) >= 11 is 0. The van der Waals surface area contributed by atoms with E-state index >= 15 is 0 Å². The molecule has 22 heavy (non-hydrogen) atoms. The topological polar surface area (TPSA) is 100 Å². The number of ether oxygens (including phenoxy) is 4. The van der Waals surface area contributed by atoms with Gasteiger partial charge < -0.3 is 24.3 Å². The second-order valence-corrected chi connectivity index (χ2v) is 6.53. The second kappa shape index (κ2) is 6.85. The second-order valence-electron chi connectivity index (χ2n) is 6.53. The van der Waals surface area contributed by atoms with Crippen molar-refractivity contribution in [3.8, 4) is 0 Å². The first kappa shape index (κ1) is 18.1. The van der Waals surface area contributed by atoms with Crippen LogP contribution in [0.2, 0.25) is 0 Å². The maximum atomic E-state index is 12.0. The predicted octanol–water partition coefficient (Wildman–Crippen LogP) is 1.62. The number of nitrogens with one attached hydrogen (secondary N) is 1. The Balaban J connectivity index is 2.37. The molecule has 0 bridgehead atoms. The summed E-state index contributed by atoms with van der Waals surface area (Å²) in [7, 11) is 0. The SMILES string of the molecule is CC(COC(=O)C1(C)COC(=O)OC1)NC(=O)OC(C)(C)C. The average Bonchev–Trinajstić information content (AvgIpc) is 2.37. The molecule has 0 saturated carbocycles. The third-order valence-corrected chi connectivity index (χ3v) is 2.74. The quantitative estimate of drug-likeness (QED) is 0.621. The Kier molecular flexibility index (Phi) is 5.62. The third kappa shape index (κ3) is 5.79. The zero-order valence-corrected chi connectivity index (χ0v) is 13.6. The van der Waals surface area contributed by atoms with Gasteiger partial charge in [0, 0.05) is 0 Å². The molecule has 1 aliphatic heterocycles. The third-order valence-electron chi connectivity index (χ3n) is 2.74. The minimum absolute atomic E-state index is 0.0262. The molecule has 1 rings (SSSR count). The highest BCUT2D eigenvalue weighted by molar-refractivity contribution is 5.78. The normalized spacial score (nSPS) is 18.5. The number of esters is 1. The molecule has 0 aromatic rings. The fourth-order valence-corrected chi connectivity index (χ4v) is 1.56. The Labute approximate surface area is 129 Å². The molecule has 1 aliphatic rings. The van der Waals surface area contributed by atoms with Gasteiger partial charge in [-0.1, -0.05) is 0 Å². The van der Waals surface area contributed by atoms with Crippen molar-refractivity contribution in [2.24, 2.45) is 5.41 Å². The van der Waals surface area contributed by atoms with Gasteiger partial charge in [0.25, 0.3) is 0 Å². The van der Waals surface area contributed by atoms with Crippen LogP contribution in [0.25, 0.3) is 0 Å². The first-order valence-electron chi connectivity index (χ1n) is 6.98. The van der Waals surface area contributed by atoms with Gasteiger partial charge in [-0.05, 0) is 34.6 Å². The van der Waals surface area contributed by atoms with Gasteiger partial charge in [-0.15, -0.1) is 0 Å². The van der Waals surface area contributed by atoms with Crippen LogP contribution in [0, 0.1) is 5.41 Å². The van der Waals surface area contributed by atoms with Crippen LogP contribution in [-0.4, -0.2) is 49.7 Å². The van der Waals surface area contributed by atoms with E-state index in [1.807, 2.05) is 0 Å². The summed E-state index contributed by atoms with van der Waals surface area (Å²) in [5.41, 5.74) is -1.64. The van der Waals surface area contributed by atoms with Gasteiger partial charge in [0.15, 0.2) is 0 Å². The van der Waals surface area contributed by atoms with Crippen molar-refractivity contribution in [2.45, 2.75) is 46.3 Å². The number of alkyl carbamates (subject to hydrolysis) is 1. The number of amides is 1. The standard InChI is InChI=1S/C14H23NO7/c1-9(15-11(17)22-13(2,3)4)6-19-10(16)14(5)7-20-12(18)21-8-14/h9H,6-8H2,1-5H3,(H,15,17). The van der Waals surface area contributed by atoms with Crippen molar-refractivity contribution < 1.29 is 33.3 Å². The van der Waals surface area contributed by atoms with E-state index in [2.05, 4.69) is 14.8 Å². The van der Waals surface area contributed by atoms with Gasteiger partial charge in [-0.2, -0.15) is 0 Å². The van der Waals surface area contributed by atoms with Gasteiger partial charge in [-0.25, -0.2) is 9.59 Å². The van der Waals surface area contributed by atoms with Gasteiger partial charge in [0.05, 0.1) is 6.04 Å². The summed E-state index contributed by atoms with van der Waals surface area (Å²) in [4.78, 5) is 34.4. The molecule has 1 fully saturated rings. The largest absolute Gasteiger partial charge is 0.508 e. The summed E-state index contributed by atoms with van der Waals surface area (Å²) in [6.07, 6.45) is -1.39. The monoisotopic (exact) mass is 317 g/mol. The smallest absolute Gasteiger partial charge is 0.463 e. The predicted molar refractivity (Wildman–Crippen MR) is 75.2 cm³/mol. The van der Waals surface area contributed by atoms with Crippen LogP contribution >= 0.6 is 0 Å². The maximum absolute atomic E-state index is 12.0. The summed E-state index contributed by atoms with van der Waals surface area (Å²) in [5.74, 6) is -0.558. The molecule has 0 aromatic carbocycles. The van der Waals surface area contributed by atoms with Gasteiger partial charge in [0.1, 0.15) is 30.8 Å². The lowest BCUT2D eigenvalue weighted by Gasteiger charge is -2.30. The Bertz CT molecular complexity index is 431. The fourth-order valence-electron chi connectivity index (χ4n) is 1.56. The van der Waals surface area contributed by atoms with E-state index in [0.29, 0.717) is 0 Å². The van der Waals surface area contributed by atoms with E-state index in [0.717, 1.165) is 0 Å². The molecule has 0 radical (unpaired) electrons. The van der Waals surface area contributed by atoms with Crippen LogP contribution in [0.5, 0.6) is 0 Å². The summed E-state index contributed by atoms with van der Waals surface area (Å²) in [6.45, 7) is 8.29. The van der Waals surface area contributed by atoms with Crippen molar-refractivity contribution in [1.82, 2.24) is 5.32 Å². The highest BCUT2D eigenvalue weighted by Gasteiger charge is 2.42. The number of cyclic esters (lactones) is 2. The summed E-state index contributed by atoms with van der Waals surface area (Å²) in [5, 5.41) is 2.56. The first-order valence-corrected chi connectivity index (χ1v) is 6.98. The molecule has 1 saturated heterocycles. The first-order chi connectivity index (χ1) is 10.0. The van der Waals surface area contributed by atoms with E-state index in [4.69, 9.17) is 9.47 Å². The lowest BCUT2D eigenvalue weighted by Crippen LogP contribution is -2.46. The molecular weight excluding hydrogens is 294 g/mol. The Morgan fingerprint density at radius 1 is 1.32 bits per heavy atom. The lowest BCUT2D eigenvalue weighted by molar-refractivity contribution is -0.166. The molecule has 1 N–H and O–H groups in total. The molecule has 8 nitrogen and oxygen atoms in total. The van der Waals surface area contributed by atoms with Crippen molar-refractivity contribution in [3.05, 3.63) is 0 Å². The molecule has 1 heterocycles. The van der Waals surface area contributed by atoms with Crippen LogP contribution in [0.15, 0.2) is 0 Å². The number of rotatable bonds is 4. The molecule has 0 spiro atoms. The lowest BCUT2D eigenvalue weighted by atomic mass is 9.93. The van der Waals surface area contributed by atoms with E-state index in [1.54, 1.807) is 34.6 Å². The highest BCUT2D eigenvalue weighted by atomic mass is 16.7. The van der Waals surface area contributed by atoms with Crippen molar-refractivity contribution >= 4 is 18.2 Å². The number of carbonyl (C=O) groups excluding carboxylic acids is 3. The van der Waals surface area contributed by atoms with E-state index in [-0.39, 0.29) is 19.8 Å². The molecule has 1 atom stereocenters. The Morgan fingerprint density at radius 3 is 2.36 bits per heavy atom. The van der Waals surface area contributed by atoms with Crippen LogP contribution < -0.4 is 5.32 Å². The van der Waals surface area contributed by atoms with Crippen molar-refractivity contribution in [2.75, 3.05) is 19.8 Å². The molecule has 1 unspecified atom stereocenters. The van der Waals surface area contributed by atoms with Gasteiger partial charge in [0.2, 0.25) is 0 Å². The zero-order chi connectivity index (χ0) is 17.0. The highest BCUT2D eigenvalue weighted by Crippen LogP contribution is 2.24. The van der Waals surface area contributed by atoms with Crippen LogP contribution in [0.4, 0.5) is 9.59 Å². The molecule has 0 aromatic heterocycles. The fraction of sp³-hybridized carbons (Fsp3) is 0.786. The van der Waals surface area contributed by atoms with E-state index in [9.17, 15) is 14.4 Å². The average molecular weight is 317 g/mol. The number of hydrogen-bond acceptors (Lipinski definition) is 7. The number of hydrogen-bond donors (Lipinski definition) is 1. The van der Waals surface area contributed by atoms with E-state index < -0.39 is 35.3 Å². The zero-order valence-electron chi connectivity index (χ0n) is 13.6. The van der Waals surface area contributed by atoms with Crippen LogP contribution in [0.1, 0.15) is 34.6 Å². The molecule has 8 heteroatoms. The molecular formula is C14H23NO7. The Hall–Kier alpha value is -1.99. The molecule has 0 aliphatic carbocycles. The minimum atomic E-state index is -1.04. The van der Waals surface area contributed by atoms with Gasteiger partial charge >= 0.3 is 18.2 Å². The van der Waals surface area contributed by atoms with Crippen molar-refractivity contribution in [3.63, 3.8) is 0 Å². The van der Waals surface area contributed by atoms with Crippen LogP contribution in [-0.2, 0) is 23.7 Å².